The third-order valence-electron chi connectivity index (χ3n) is 4.95. The van der Waals surface area contributed by atoms with Gasteiger partial charge in [0.05, 0.1) is 17.1 Å². The predicted octanol–water partition coefficient (Wildman–Crippen LogP) is 3.99. The molecule has 0 saturated heterocycles. The van der Waals surface area contributed by atoms with Gasteiger partial charge in [-0.25, -0.2) is 15.0 Å². The Bertz CT molecular complexity index is 975. The van der Waals surface area contributed by atoms with Gasteiger partial charge in [-0.15, -0.1) is 0 Å². The van der Waals surface area contributed by atoms with Crippen molar-refractivity contribution >= 4 is 28.7 Å². The lowest BCUT2D eigenvalue weighted by atomic mass is 10.1. The van der Waals surface area contributed by atoms with Crippen molar-refractivity contribution in [2.24, 2.45) is 0 Å². The molecule has 1 N–H and O–H groups in total. The molecule has 2 heterocycles. The number of carbonyl (C=O) groups excluding carboxylic acids is 1. The second-order valence-corrected chi connectivity index (χ2v) is 7.63. The van der Waals surface area contributed by atoms with Crippen molar-refractivity contribution in [2.75, 3.05) is 6.26 Å². The Hall–Kier alpha value is -2.41. The Morgan fingerprint density at radius 3 is 2.50 bits per heavy atom. The SMILES string of the molecule is CCn1c(C(C)NC(=O)CCc2c(C)nc(SC)nc2C)nc2ccccc21. The zero-order valence-electron chi connectivity index (χ0n) is 17.1. The van der Waals surface area contributed by atoms with Gasteiger partial charge in [0.15, 0.2) is 5.16 Å². The van der Waals surface area contributed by atoms with Gasteiger partial charge >= 0.3 is 0 Å². The lowest BCUT2D eigenvalue weighted by molar-refractivity contribution is -0.121. The number of aromatic nitrogens is 4. The van der Waals surface area contributed by atoms with Crippen LogP contribution in [-0.4, -0.2) is 31.7 Å². The molecule has 0 saturated carbocycles. The molecule has 0 radical (unpaired) electrons. The van der Waals surface area contributed by atoms with Crippen LogP contribution in [0, 0.1) is 13.8 Å². The Kier molecular flexibility index (Phi) is 6.34. The van der Waals surface area contributed by atoms with E-state index in [1.165, 1.54) is 11.8 Å². The molecular formula is C21H27N5OS. The molecular weight excluding hydrogens is 370 g/mol. The van der Waals surface area contributed by atoms with Crippen molar-refractivity contribution < 1.29 is 4.79 Å². The number of fused-ring (bicyclic) bond motifs is 1. The first kappa shape index (κ1) is 20.3. The molecule has 28 heavy (non-hydrogen) atoms. The summed E-state index contributed by atoms with van der Waals surface area (Å²) in [4.78, 5) is 26.3. The van der Waals surface area contributed by atoms with Gasteiger partial charge < -0.3 is 9.88 Å². The van der Waals surface area contributed by atoms with E-state index < -0.39 is 0 Å². The molecule has 1 unspecified atom stereocenters. The molecule has 0 spiro atoms. The van der Waals surface area contributed by atoms with Gasteiger partial charge in [0.2, 0.25) is 5.91 Å². The molecule has 2 aromatic heterocycles. The molecule has 6 nitrogen and oxygen atoms in total. The lowest BCUT2D eigenvalue weighted by Gasteiger charge is -2.16. The maximum atomic E-state index is 12.6. The first-order chi connectivity index (χ1) is 13.4. The van der Waals surface area contributed by atoms with Crippen molar-refractivity contribution in [2.45, 2.75) is 58.3 Å². The van der Waals surface area contributed by atoms with Crippen molar-refractivity contribution in [3.63, 3.8) is 0 Å². The number of para-hydroxylation sites is 2. The Labute approximate surface area is 170 Å². The minimum Gasteiger partial charge on any atom is -0.346 e. The van der Waals surface area contributed by atoms with Crippen molar-refractivity contribution in [1.82, 2.24) is 24.8 Å². The average molecular weight is 398 g/mol. The second-order valence-electron chi connectivity index (χ2n) is 6.85. The maximum absolute atomic E-state index is 12.6. The van der Waals surface area contributed by atoms with Crippen LogP contribution in [0.2, 0.25) is 0 Å². The first-order valence-corrected chi connectivity index (χ1v) is 10.8. The summed E-state index contributed by atoms with van der Waals surface area (Å²) in [5.41, 5.74) is 5.01. The highest BCUT2D eigenvalue weighted by atomic mass is 32.2. The van der Waals surface area contributed by atoms with Crippen LogP contribution in [0.3, 0.4) is 0 Å². The van der Waals surface area contributed by atoms with Crippen LogP contribution in [0.1, 0.15) is 49.1 Å². The molecule has 0 aliphatic rings. The number of imidazole rings is 1. The maximum Gasteiger partial charge on any atom is 0.220 e. The largest absolute Gasteiger partial charge is 0.346 e. The Morgan fingerprint density at radius 2 is 1.86 bits per heavy atom. The standard InChI is InChI=1S/C21H27N5OS/c1-6-26-18-10-8-7-9-17(18)25-20(26)15(4)22-19(27)12-11-16-13(2)23-21(28-5)24-14(16)3/h7-10,15H,6,11-12H2,1-5H3,(H,22,27). The average Bonchev–Trinajstić information content (AvgIpc) is 3.05. The van der Waals surface area contributed by atoms with Crippen molar-refractivity contribution in [3.05, 3.63) is 47.0 Å². The normalized spacial score (nSPS) is 12.3. The van der Waals surface area contributed by atoms with E-state index in [4.69, 9.17) is 4.98 Å². The first-order valence-electron chi connectivity index (χ1n) is 9.57. The van der Waals surface area contributed by atoms with Crippen LogP contribution in [0.15, 0.2) is 29.4 Å². The summed E-state index contributed by atoms with van der Waals surface area (Å²) in [5.74, 6) is 0.895. The highest BCUT2D eigenvalue weighted by Crippen LogP contribution is 2.21. The highest BCUT2D eigenvalue weighted by molar-refractivity contribution is 7.98. The smallest absolute Gasteiger partial charge is 0.220 e. The van der Waals surface area contributed by atoms with E-state index in [-0.39, 0.29) is 11.9 Å². The minimum absolute atomic E-state index is 0.00922. The molecule has 0 aliphatic carbocycles. The van der Waals surface area contributed by atoms with Crippen LogP contribution in [0.5, 0.6) is 0 Å². The predicted molar refractivity (Wildman–Crippen MR) is 114 cm³/mol. The van der Waals surface area contributed by atoms with Crippen LogP contribution < -0.4 is 5.32 Å². The van der Waals surface area contributed by atoms with Crippen LogP contribution >= 0.6 is 11.8 Å². The molecule has 3 rings (SSSR count). The number of thioether (sulfide) groups is 1. The number of aryl methyl sites for hydroxylation is 3. The van der Waals surface area contributed by atoms with E-state index in [0.29, 0.717) is 12.8 Å². The summed E-state index contributed by atoms with van der Waals surface area (Å²) < 4.78 is 2.16. The molecule has 1 atom stereocenters. The molecule has 1 aromatic carbocycles. The zero-order chi connectivity index (χ0) is 20.3. The summed E-state index contributed by atoms with van der Waals surface area (Å²) in [6, 6.07) is 7.91. The summed E-state index contributed by atoms with van der Waals surface area (Å²) in [5, 5.41) is 3.87. The molecule has 0 aliphatic heterocycles. The topological polar surface area (TPSA) is 72.7 Å². The fourth-order valence-electron chi connectivity index (χ4n) is 3.54. The van der Waals surface area contributed by atoms with Crippen molar-refractivity contribution in [3.8, 4) is 0 Å². The Morgan fingerprint density at radius 1 is 1.18 bits per heavy atom. The summed E-state index contributed by atoms with van der Waals surface area (Å²) in [7, 11) is 0. The molecule has 1 amide bonds. The van der Waals surface area contributed by atoms with E-state index in [0.717, 1.165) is 45.5 Å². The summed E-state index contributed by atoms with van der Waals surface area (Å²) in [6.07, 6.45) is 3.00. The highest BCUT2D eigenvalue weighted by Gasteiger charge is 2.18. The van der Waals surface area contributed by atoms with Gasteiger partial charge in [0, 0.05) is 24.4 Å². The van der Waals surface area contributed by atoms with Gasteiger partial charge in [0.1, 0.15) is 5.82 Å². The van der Waals surface area contributed by atoms with Crippen LogP contribution in [0.25, 0.3) is 11.0 Å². The third-order valence-corrected chi connectivity index (χ3v) is 5.50. The van der Waals surface area contributed by atoms with Gasteiger partial charge in [-0.2, -0.15) is 0 Å². The molecule has 3 aromatic rings. The van der Waals surface area contributed by atoms with Gasteiger partial charge in [0.25, 0.3) is 0 Å². The van der Waals surface area contributed by atoms with Crippen LogP contribution in [-0.2, 0) is 17.8 Å². The number of hydrogen-bond donors (Lipinski definition) is 1. The van der Waals surface area contributed by atoms with Gasteiger partial charge in [-0.1, -0.05) is 23.9 Å². The quantitative estimate of drug-likeness (QED) is 0.482. The van der Waals surface area contributed by atoms with E-state index in [1.54, 1.807) is 0 Å². The van der Waals surface area contributed by atoms with Gasteiger partial charge in [-0.05, 0) is 58.1 Å². The number of amides is 1. The number of rotatable bonds is 7. The monoisotopic (exact) mass is 397 g/mol. The second kappa shape index (κ2) is 8.73. The summed E-state index contributed by atoms with van der Waals surface area (Å²) in [6.45, 7) is 8.85. The van der Waals surface area contributed by atoms with Gasteiger partial charge in [-0.3, -0.25) is 4.79 Å². The van der Waals surface area contributed by atoms with E-state index in [9.17, 15) is 4.79 Å². The number of nitrogens with zero attached hydrogens (tertiary/aromatic N) is 4. The fourth-order valence-corrected chi connectivity index (χ4v) is 3.99. The number of nitrogens with one attached hydrogen (secondary N) is 1. The van der Waals surface area contributed by atoms with E-state index >= 15 is 0 Å². The number of benzene rings is 1. The lowest BCUT2D eigenvalue weighted by Crippen LogP contribution is -2.29. The molecule has 0 fully saturated rings. The summed E-state index contributed by atoms with van der Waals surface area (Å²) >= 11 is 1.53. The molecule has 148 valence electrons. The van der Waals surface area contributed by atoms with E-state index in [2.05, 4.69) is 32.8 Å². The minimum atomic E-state index is -0.155. The fraction of sp³-hybridized carbons (Fsp3) is 0.429. The van der Waals surface area contributed by atoms with E-state index in [1.807, 2.05) is 45.2 Å². The number of hydrogen-bond acceptors (Lipinski definition) is 5. The zero-order valence-corrected chi connectivity index (χ0v) is 17.9. The molecule has 7 heteroatoms. The van der Waals surface area contributed by atoms with Crippen LogP contribution in [0.4, 0.5) is 0 Å². The Balaban J connectivity index is 1.69. The molecule has 0 bridgehead atoms. The number of carbonyl (C=O) groups is 1. The van der Waals surface area contributed by atoms with Crippen molar-refractivity contribution in [1.29, 1.82) is 0 Å². The third kappa shape index (κ3) is 4.19.